The van der Waals surface area contributed by atoms with Crippen LogP contribution >= 0.6 is 0 Å². The average Bonchev–Trinajstić information content (AvgIpc) is 2.30. The van der Waals surface area contributed by atoms with Crippen molar-refractivity contribution in [2.75, 3.05) is 0 Å². The van der Waals surface area contributed by atoms with Crippen molar-refractivity contribution >= 4 is 5.78 Å². The van der Waals surface area contributed by atoms with Crippen LogP contribution in [0, 0.1) is 5.82 Å². The van der Waals surface area contributed by atoms with E-state index in [4.69, 9.17) is 0 Å². The maximum atomic E-state index is 13.5. The molecule has 0 saturated heterocycles. The Labute approximate surface area is 93.5 Å². The van der Waals surface area contributed by atoms with Crippen molar-refractivity contribution < 1.29 is 9.18 Å². The van der Waals surface area contributed by atoms with Gasteiger partial charge in [-0.3, -0.25) is 4.79 Å². The largest absolute Gasteiger partial charge is 0.295 e. The van der Waals surface area contributed by atoms with Crippen LogP contribution in [0.5, 0.6) is 0 Å². The number of hydrogen-bond acceptors (Lipinski definition) is 1. The van der Waals surface area contributed by atoms with E-state index >= 15 is 0 Å². The van der Waals surface area contributed by atoms with E-state index < -0.39 is 0 Å². The van der Waals surface area contributed by atoms with Gasteiger partial charge in [0, 0.05) is 11.1 Å². The fourth-order valence-corrected chi connectivity index (χ4v) is 1.60. The number of rotatable bonds is 2. The molecule has 0 unspecified atom stereocenters. The number of hydrogen-bond donors (Lipinski definition) is 0. The second kappa shape index (κ2) is 4.27. The third kappa shape index (κ3) is 2.01. The molecule has 0 saturated carbocycles. The van der Waals surface area contributed by atoms with Gasteiger partial charge >= 0.3 is 0 Å². The Balaban J connectivity index is 2.53. The molecule has 0 spiro atoms. The molecule has 0 radical (unpaired) electrons. The van der Waals surface area contributed by atoms with E-state index in [1.807, 2.05) is 0 Å². The van der Waals surface area contributed by atoms with Crippen LogP contribution in [0.1, 0.15) is 17.3 Å². The quantitative estimate of drug-likeness (QED) is 0.697. The van der Waals surface area contributed by atoms with Gasteiger partial charge < -0.3 is 0 Å². The van der Waals surface area contributed by atoms with Crippen molar-refractivity contribution in [1.82, 2.24) is 0 Å². The normalized spacial score (nSPS) is 10.1. The lowest BCUT2D eigenvalue weighted by atomic mass is 10.0. The zero-order valence-corrected chi connectivity index (χ0v) is 8.91. The number of benzene rings is 2. The second-order valence-corrected chi connectivity index (χ2v) is 3.62. The van der Waals surface area contributed by atoms with Crippen LogP contribution in [-0.2, 0) is 0 Å². The first-order valence-corrected chi connectivity index (χ1v) is 5.04. The zero-order valence-electron chi connectivity index (χ0n) is 8.91. The molecule has 0 amide bonds. The molecule has 16 heavy (non-hydrogen) atoms. The average molecular weight is 214 g/mol. The van der Waals surface area contributed by atoms with Crippen molar-refractivity contribution in [3.63, 3.8) is 0 Å². The molecule has 0 heterocycles. The lowest BCUT2D eigenvalue weighted by molar-refractivity contribution is 0.101. The van der Waals surface area contributed by atoms with E-state index in [1.54, 1.807) is 42.5 Å². The van der Waals surface area contributed by atoms with Gasteiger partial charge in [-0.15, -0.1) is 0 Å². The molecule has 0 aliphatic rings. The summed E-state index contributed by atoms with van der Waals surface area (Å²) in [5, 5.41) is 0. The van der Waals surface area contributed by atoms with Gasteiger partial charge in [0.25, 0.3) is 0 Å². The Bertz CT molecular complexity index is 532. The van der Waals surface area contributed by atoms with Crippen LogP contribution in [0.25, 0.3) is 11.1 Å². The number of carbonyl (C=O) groups excluding carboxylic acids is 1. The van der Waals surface area contributed by atoms with Crippen molar-refractivity contribution in [2.24, 2.45) is 0 Å². The molecule has 2 rings (SSSR count). The maximum absolute atomic E-state index is 13.5. The van der Waals surface area contributed by atoms with E-state index in [0.717, 1.165) is 5.56 Å². The minimum atomic E-state index is -0.275. The number of Topliss-reactive ketones (excluding diaryl/α,β-unsaturated/α-hetero) is 1. The van der Waals surface area contributed by atoms with Crippen LogP contribution in [0.3, 0.4) is 0 Å². The fraction of sp³-hybridized carbons (Fsp3) is 0.0714. The first-order valence-electron chi connectivity index (χ1n) is 5.04. The van der Waals surface area contributed by atoms with Crippen molar-refractivity contribution in [2.45, 2.75) is 6.92 Å². The minimum absolute atomic E-state index is 0.0156. The van der Waals surface area contributed by atoms with Gasteiger partial charge in [0.2, 0.25) is 0 Å². The Morgan fingerprint density at radius 3 is 2.50 bits per heavy atom. The molecule has 0 atom stereocenters. The Morgan fingerprint density at radius 2 is 1.81 bits per heavy atom. The molecule has 0 bridgehead atoms. The van der Waals surface area contributed by atoms with E-state index in [2.05, 4.69) is 0 Å². The van der Waals surface area contributed by atoms with Crippen molar-refractivity contribution in [3.8, 4) is 11.1 Å². The summed E-state index contributed by atoms with van der Waals surface area (Å²) in [4.78, 5) is 11.2. The summed E-state index contributed by atoms with van der Waals surface area (Å²) >= 11 is 0. The molecule has 2 aromatic rings. The Kier molecular flexibility index (Phi) is 2.82. The predicted octanol–water partition coefficient (Wildman–Crippen LogP) is 3.70. The summed E-state index contributed by atoms with van der Waals surface area (Å²) in [5.41, 5.74) is 1.84. The van der Waals surface area contributed by atoms with Gasteiger partial charge in [-0.2, -0.15) is 0 Å². The van der Waals surface area contributed by atoms with E-state index in [0.29, 0.717) is 11.1 Å². The first-order chi connectivity index (χ1) is 7.68. The topological polar surface area (TPSA) is 17.1 Å². The highest BCUT2D eigenvalue weighted by Gasteiger charge is 2.05. The zero-order chi connectivity index (χ0) is 11.5. The standard InChI is InChI=1S/C14H11FO/c1-10(16)11-5-4-6-12(9-11)13-7-2-3-8-14(13)15/h2-9H,1H3. The van der Waals surface area contributed by atoms with Gasteiger partial charge in [0.1, 0.15) is 5.82 Å². The fourth-order valence-electron chi connectivity index (χ4n) is 1.60. The van der Waals surface area contributed by atoms with Gasteiger partial charge in [-0.05, 0) is 24.6 Å². The number of carbonyl (C=O) groups is 1. The molecule has 0 aromatic heterocycles. The van der Waals surface area contributed by atoms with Crippen LogP contribution in [-0.4, -0.2) is 5.78 Å². The highest BCUT2D eigenvalue weighted by molar-refractivity contribution is 5.95. The molecular weight excluding hydrogens is 203 g/mol. The monoisotopic (exact) mass is 214 g/mol. The summed E-state index contributed by atoms with van der Waals surface area (Å²) in [6.45, 7) is 1.50. The smallest absolute Gasteiger partial charge is 0.159 e. The summed E-state index contributed by atoms with van der Waals surface area (Å²) in [6, 6.07) is 13.5. The Hall–Kier alpha value is -1.96. The molecule has 0 aliphatic heterocycles. The van der Waals surface area contributed by atoms with Gasteiger partial charge in [-0.1, -0.05) is 36.4 Å². The van der Waals surface area contributed by atoms with Crippen molar-refractivity contribution in [1.29, 1.82) is 0 Å². The van der Waals surface area contributed by atoms with Gasteiger partial charge in [0.05, 0.1) is 0 Å². The summed E-state index contributed by atoms with van der Waals surface area (Å²) in [5.74, 6) is -0.290. The van der Waals surface area contributed by atoms with Crippen molar-refractivity contribution in [3.05, 3.63) is 59.9 Å². The molecular formula is C14H11FO. The highest BCUT2D eigenvalue weighted by Crippen LogP contribution is 2.23. The number of ketones is 1. The summed E-state index contributed by atoms with van der Waals surface area (Å²) < 4.78 is 13.5. The minimum Gasteiger partial charge on any atom is -0.295 e. The summed E-state index contributed by atoms with van der Waals surface area (Å²) in [7, 11) is 0. The van der Waals surface area contributed by atoms with Crippen LogP contribution in [0.15, 0.2) is 48.5 Å². The lowest BCUT2D eigenvalue weighted by Crippen LogP contribution is -1.92. The Morgan fingerprint density at radius 1 is 1.06 bits per heavy atom. The summed E-state index contributed by atoms with van der Waals surface area (Å²) in [6.07, 6.45) is 0. The van der Waals surface area contributed by atoms with E-state index in [-0.39, 0.29) is 11.6 Å². The van der Waals surface area contributed by atoms with Crippen LogP contribution in [0.2, 0.25) is 0 Å². The van der Waals surface area contributed by atoms with Crippen LogP contribution in [0.4, 0.5) is 4.39 Å². The molecule has 2 aromatic carbocycles. The SMILES string of the molecule is CC(=O)c1cccc(-c2ccccc2F)c1. The molecule has 80 valence electrons. The molecule has 1 nitrogen and oxygen atoms in total. The molecule has 0 fully saturated rings. The second-order valence-electron chi connectivity index (χ2n) is 3.62. The molecule has 0 N–H and O–H groups in total. The first kappa shape index (κ1) is 10.6. The molecule has 0 aliphatic carbocycles. The number of halogens is 1. The third-order valence-corrected chi connectivity index (χ3v) is 2.45. The third-order valence-electron chi connectivity index (χ3n) is 2.45. The van der Waals surface area contributed by atoms with Gasteiger partial charge in [-0.25, -0.2) is 4.39 Å². The van der Waals surface area contributed by atoms with E-state index in [1.165, 1.54) is 13.0 Å². The lowest BCUT2D eigenvalue weighted by Gasteiger charge is -2.04. The predicted molar refractivity (Wildman–Crippen MR) is 61.8 cm³/mol. The maximum Gasteiger partial charge on any atom is 0.159 e. The van der Waals surface area contributed by atoms with Crippen LogP contribution < -0.4 is 0 Å². The van der Waals surface area contributed by atoms with E-state index in [9.17, 15) is 9.18 Å². The van der Waals surface area contributed by atoms with Gasteiger partial charge in [0.15, 0.2) is 5.78 Å². The molecule has 2 heteroatoms. The highest BCUT2D eigenvalue weighted by atomic mass is 19.1.